The van der Waals surface area contributed by atoms with Crippen molar-refractivity contribution in [3.8, 4) is 6.07 Å². The van der Waals surface area contributed by atoms with Crippen LogP contribution in [0.4, 0.5) is 0 Å². The highest BCUT2D eigenvalue weighted by Gasteiger charge is 2.11. The molecule has 0 bridgehead atoms. The molecule has 0 fully saturated rings. The number of rotatable bonds is 2. The van der Waals surface area contributed by atoms with E-state index in [9.17, 15) is 9.42 Å². The summed E-state index contributed by atoms with van der Waals surface area (Å²) in [5.41, 5.74) is 0. The van der Waals surface area contributed by atoms with Crippen molar-refractivity contribution < 1.29 is 8.94 Å². The fourth-order valence-corrected chi connectivity index (χ4v) is 1.48. The molecule has 0 N–H and O–H groups in total. The first kappa shape index (κ1) is 8.68. The molecule has 1 aromatic heterocycles. The molecule has 4 nitrogen and oxygen atoms in total. The van der Waals surface area contributed by atoms with Crippen LogP contribution in [-0.4, -0.2) is 9.96 Å². The van der Waals surface area contributed by atoms with Gasteiger partial charge >= 0.3 is 0 Å². The first-order valence-electron chi connectivity index (χ1n) is 3.19. The Bertz CT molecular complexity index is 346. The zero-order valence-corrected chi connectivity index (χ0v) is 6.95. The Morgan fingerprint density at radius 3 is 3.00 bits per heavy atom. The largest absolute Gasteiger partial charge is 0.618 e. The van der Waals surface area contributed by atoms with Gasteiger partial charge in [-0.15, -0.1) is 0 Å². The zero-order chi connectivity index (χ0) is 8.97. The van der Waals surface area contributed by atoms with Gasteiger partial charge in [-0.1, -0.05) is 0 Å². The SMILES string of the molecule is N#CCS(=O)c1cccc[n+]1[O-]. The van der Waals surface area contributed by atoms with E-state index in [-0.39, 0.29) is 10.8 Å². The Morgan fingerprint density at radius 2 is 2.42 bits per heavy atom. The fraction of sp³-hybridized carbons (Fsp3) is 0.143. The number of nitrogens with zero attached hydrogens (tertiary/aromatic N) is 2. The third-order valence-electron chi connectivity index (χ3n) is 1.22. The van der Waals surface area contributed by atoms with Crippen LogP contribution in [0.15, 0.2) is 29.4 Å². The summed E-state index contributed by atoms with van der Waals surface area (Å²) in [6.45, 7) is 0. The van der Waals surface area contributed by atoms with Crippen molar-refractivity contribution in [1.29, 1.82) is 5.26 Å². The third-order valence-corrected chi connectivity index (χ3v) is 2.39. The van der Waals surface area contributed by atoms with E-state index in [1.807, 2.05) is 0 Å². The topological polar surface area (TPSA) is 67.8 Å². The first-order chi connectivity index (χ1) is 5.75. The number of pyridine rings is 1. The van der Waals surface area contributed by atoms with Crippen LogP contribution >= 0.6 is 0 Å². The van der Waals surface area contributed by atoms with E-state index in [1.54, 1.807) is 18.2 Å². The summed E-state index contributed by atoms with van der Waals surface area (Å²) in [7, 11) is -1.51. The summed E-state index contributed by atoms with van der Waals surface area (Å²) in [4.78, 5) is 0. The molecule has 1 heterocycles. The second-order valence-corrected chi connectivity index (χ2v) is 3.41. The lowest BCUT2D eigenvalue weighted by Gasteiger charge is -1.99. The Labute approximate surface area is 72.1 Å². The average molecular weight is 182 g/mol. The van der Waals surface area contributed by atoms with Crippen LogP contribution < -0.4 is 4.73 Å². The van der Waals surface area contributed by atoms with Gasteiger partial charge in [0.2, 0.25) is 0 Å². The molecular weight excluding hydrogens is 176 g/mol. The molecule has 0 saturated heterocycles. The van der Waals surface area contributed by atoms with Crippen molar-refractivity contribution in [2.75, 3.05) is 5.75 Å². The van der Waals surface area contributed by atoms with E-state index < -0.39 is 10.8 Å². The maximum absolute atomic E-state index is 11.1. The molecule has 1 atom stereocenters. The Balaban J connectivity index is 2.97. The molecule has 0 aliphatic carbocycles. The quantitative estimate of drug-likeness (QED) is 0.475. The van der Waals surface area contributed by atoms with Gasteiger partial charge in [-0.25, -0.2) is 4.21 Å². The molecule has 0 radical (unpaired) electrons. The minimum atomic E-state index is -1.51. The molecule has 0 spiro atoms. The number of hydrogen-bond acceptors (Lipinski definition) is 3. The normalized spacial score (nSPS) is 11.9. The Kier molecular flexibility index (Phi) is 2.77. The standard InChI is InChI=1S/C7H6N2O2S/c8-4-6-12(11)7-3-1-2-5-9(7)10/h1-3,5H,6H2. The monoisotopic (exact) mass is 182 g/mol. The highest BCUT2D eigenvalue weighted by atomic mass is 32.2. The Morgan fingerprint density at radius 1 is 1.67 bits per heavy atom. The van der Waals surface area contributed by atoms with Gasteiger partial charge in [-0.2, -0.15) is 9.99 Å². The van der Waals surface area contributed by atoms with Gasteiger partial charge in [-0.3, -0.25) is 0 Å². The molecule has 62 valence electrons. The zero-order valence-electron chi connectivity index (χ0n) is 6.14. The molecule has 1 unspecified atom stereocenters. The van der Waals surface area contributed by atoms with Gasteiger partial charge in [0.1, 0.15) is 16.6 Å². The molecule has 0 amide bonds. The van der Waals surface area contributed by atoms with Crippen LogP contribution in [0.2, 0.25) is 0 Å². The average Bonchev–Trinajstić information content (AvgIpc) is 2.05. The van der Waals surface area contributed by atoms with E-state index in [1.165, 1.54) is 12.3 Å². The van der Waals surface area contributed by atoms with Crippen LogP contribution in [-0.2, 0) is 10.8 Å². The molecule has 0 aliphatic rings. The minimum Gasteiger partial charge on any atom is -0.618 e. The van der Waals surface area contributed by atoms with Gasteiger partial charge in [0.25, 0.3) is 5.03 Å². The number of nitriles is 1. The lowest BCUT2D eigenvalue weighted by molar-refractivity contribution is -0.646. The molecular formula is C7H6N2O2S. The molecule has 0 aromatic carbocycles. The van der Waals surface area contributed by atoms with Gasteiger partial charge in [-0.05, 0) is 6.07 Å². The number of aromatic nitrogens is 1. The van der Waals surface area contributed by atoms with E-state index in [0.717, 1.165) is 0 Å². The summed E-state index contributed by atoms with van der Waals surface area (Å²) in [5, 5.41) is 19.3. The molecule has 1 aromatic rings. The van der Waals surface area contributed by atoms with E-state index >= 15 is 0 Å². The van der Waals surface area contributed by atoms with Crippen molar-refractivity contribution in [2.45, 2.75) is 5.03 Å². The summed E-state index contributed by atoms with van der Waals surface area (Å²) in [5.74, 6) is -0.147. The van der Waals surface area contributed by atoms with Gasteiger partial charge in [0.15, 0.2) is 6.20 Å². The highest BCUT2D eigenvalue weighted by Crippen LogP contribution is 1.97. The lowest BCUT2D eigenvalue weighted by Crippen LogP contribution is -2.31. The van der Waals surface area contributed by atoms with Gasteiger partial charge in [0.05, 0.1) is 6.07 Å². The summed E-state index contributed by atoms with van der Waals surface area (Å²) in [6, 6.07) is 6.34. The predicted octanol–water partition coefficient (Wildman–Crippen LogP) is -0.0488. The van der Waals surface area contributed by atoms with Crippen LogP contribution in [0.1, 0.15) is 0 Å². The second-order valence-electron chi connectivity index (χ2n) is 2.01. The van der Waals surface area contributed by atoms with Crippen molar-refractivity contribution in [3.05, 3.63) is 29.6 Å². The summed E-state index contributed by atoms with van der Waals surface area (Å²) < 4.78 is 11.6. The van der Waals surface area contributed by atoms with Gasteiger partial charge < -0.3 is 5.21 Å². The molecule has 1 rings (SSSR count). The van der Waals surface area contributed by atoms with Crippen molar-refractivity contribution in [1.82, 2.24) is 0 Å². The summed E-state index contributed by atoms with van der Waals surface area (Å²) >= 11 is 0. The van der Waals surface area contributed by atoms with E-state index in [4.69, 9.17) is 5.26 Å². The van der Waals surface area contributed by atoms with Crippen molar-refractivity contribution in [3.63, 3.8) is 0 Å². The number of hydrogen-bond donors (Lipinski definition) is 0. The van der Waals surface area contributed by atoms with Gasteiger partial charge in [0, 0.05) is 12.1 Å². The maximum atomic E-state index is 11.1. The van der Waals surface area contributed by atoms with Crippen molar-refractivity contribution in [2.24, 2.45) is 0 Å². The molecule has 5 heteroatoms. The Hall–Kier alpha value is -1.41. The highest BCUT2D eigenvalue weighted by molar-refractivity contribution is 7.85. The minimum absolute atomic E-state index is 0.124. The van der Waals surface area contributed by atoms with Crippen LogP contribution in [0.5, 0.6) is 0 Å². The predicted molar refractivity (Wildman–Crippen MR) is 42.3 cm³/mol. The second kappa shape index (κ2) is 3.83. The molecule has 0 aliphatic heterocycles. The van der Waals surface area contributed by atoms with Crippen LogP contribution in [0, 0.1) is 16.5 Å². The fourth-order valence-electron chi connectivity index (χ4n) is 0.721. The maximum Gasteiger partial charge on any atom is 0.282 e. The van der Waals surface area contributed by atoms with E-state index in [0.29, 0.717) is 4.73 Å². The van der Waals surface area contributed by atoms with Crippen LogP contribution in [0.3, 0.4) is 0 Å². The lowest BCUT2D eigenvalue weighted by atomic mass is 10.5. The van der Waals surface area contributed by atoms with E-state index in [2.05, 4.69) is 0 Å². The smallest absolute Gasteiger partial charge is 0.282 e. The first-order valence-corrected chi connectivity index (χ1v) is 4.51. The third kappa shape index (κ3) is 1.80. The van der Waals surface area contributed by atoms with Crippen LogP contribution in [0.25, 0.3) is 0 Å². The van der Waals surface area contributed by atoms with Crippen molar-refractivity contribution >= 4 is 10.8 Å². The summed E-state index contributed by atoms with van der Waals surface area (Å²) in [6.07, 6.45) is 1.25. The molecule has 0 saturated carbocycles. The molecule has 12 heavy (non-hydrogen) atoms.